The van der Waals surface area contributed by atoms with Crippen LogP contribution in [0.3, 0.4) is 0 Å². The van der Waals surface area contributed by atoms with Gasteiger partial charge in [-0.1, -0.05) is 0 Å². The van der Waals surface area contributed by atoms with Crippen molar-refractivity contribution in [3.8, 4) is 11.5 Å². The molecule has 2 rings (SSSR count). The molecule has 0 atom stereocenters. The smallest absolute Gasteiger partial charge is 0.245 e. The number of carbonyl (C=O) groups is 1. The van der Waals surface area contributed by atoms with Gasteiger partial charge in [-0.3, -0.25) is 4.79 Å². The summed E-state index contributed by atoms with van der Waals surface area (Å²) in [7, 11) is 0. The fraction of sp³-hybridized carbons (Fsp3) is 0.385. The van der Waals surface area contributed by atoms with E-state index in [-0.39, 0.29) is 23.8 Å². The average Bonchev–Trinajstić information content (AvgIpc) is 2.80. The molecule has 1 saturated heterocycles. The summed E-state index contributed by atoms with van der Waals surface area (Å²) in [6, 6.07) is 4.21. The number of benzene rings is 1. The summed E-state index contributed by atoms with van der Waals surface area (Å²) in [5.74, 6) is -1.69. The highest BCUT2D eigenvalue weighted by molar-refractivity contribution is 5.83. The first-order valence-electron chi connectivity index (χ1n) is 6.10. The molecule has 20 heavy (non-hydrogen) atoms. The Morgan fingerprint density at radius 1 is 1.40 bits per heavy atom. The standard InChI is InChI=1S/C13H16N2O5/c1-13(19-4-5-20-13)7-12(18)15-14-8-9-2-3-10(16)11(17)6-9/h2-3,6,8,16-17H,4-5,7H2,1H3,(H,15,18). The number of phenolic OH excluding ortho intramolecular Hbond substituents is 2. The number of nitrogens with zero attached hydrogens (tertiary/aromatic N) is 1. The number of carbonyl (C=O) groups excluding carboxylic acids is 1. The number of rotatable bonds is 4. The fourth-order valence-corrected chi connectivity index (χ4v) is 1.79. The third-order valence-electron chi connectivity index (χ3n) is 2.78. The Kier molecular flexibility index (Phi) is 4.21. The quantitative estimate of drug-likeness (QED) is 0.428. The Morgan fingerprint density at radius 2 is 2.10 bits per heavy atom. The van der Waals surface area contributed by atoms with Gasteiger partial charge in [-0.25, -0.2) is 5.43 Å². The third kappa shape index (κ3) is 3.69. The number of phenols is 2. The Hall–Kier alpha value is -2.12. The maximum Gasteiger partial charge on any atom is 0.245 e. The molecule has 0 unspecified atom stereocenters. The van der Waals surface area contributed by atoms with E-state index in [1.807, 2.05) is 0 Å². The molecule has 1 heterocycles. The van der Waals surface area contributed by atoms with Crippen LogP contribution in [0, 0.1) is 0 Å². The SMILES string of the molecule is CC1(CC(=O)NN=Cc2ccc(O)c(O)c2)OCCO1. The summed E-state index contributed by atoms with van der Waals surface area (Å²) in [4.78, 5) is 11.6. The minimum Gasteiger partial charge on any atom is -0.504 e. The molecule has 0 bridgehead atoms. The lowest BCUT2D eigenvalue weighted by Crippen LogP contribution is -2.33. The predicted octanol–water partition coefficient (Wildman–Crippen LogP) is 0.701. The van der Waals surface area contributed by atoms with Crippen molar-refractivity contribution < 1.29 is 24.5 Å². The molecule has 1 aromatic rings. The zero-order valence-corrected chi connectivity index (χ0v) is 11.0. The molecule has 0 radical (unpaired) electrons. The topological polar surface area (TPSA) is 100 Å². The van der Waals surface area contributed by atoms with Crippen LogP contribution in [-0.2, 0) is 14.3 Å². The van der Waals surface area contributed by atoms with Crippen molar-refractivity contribution in [1.82, 2.24) is 5.43 Å². The molecule has 1 aromatic carbocycles. The van der Waals surface area contributed by atoms with Gasteiger partial charge in [0, 0.05) is 0 Å². The Bertz CT molecular complexity index is 523. The maximum absolute atomic E-state index is 11.6. The van der Waals surface area contributed by atoms with Gasteiger partial charge in [-0.2, -0.15) is 5.10 Å². The third-order valence-corrected chi connectivity index (χ3v) is 2.78. The predicted molar refractivity (Wildman–Crippen MR) is 70.4 cm³/mol. The van der Waals surface area contributed by atoms with Crippen molar-refractivity contribution in [3.05, 3.63) is 23.8 Å². The summed E-state index contributed by atoms with van der Waals surface area (Å²) in [6.45, 7) is 2.64. The Labute approximate surface area is 115 Å². The zero-order valence-electron chi connectivity index (χ0n) is 11.0. The monoisotopic (exact) mass is 280 g/mol. The molecule has 1 amide bonds. The Morgan fingerprint density at radius 3 is 2.75 bits per heavy atom. The molecule has 108 valence electrons. The average molecular weight is 280 g/mol. The number of hydrogen-bond acceptors (Lipinski definition) is 6. The molecule has 1 fully saturated rings. The van der Waals surface area contributed by atoms with Crippen molar-refractivity contribution >= 4 is 12.1 Å². The lowest BCUT2D eigenvalue weighted by atomic mass is 10.2. The van der Waals surface area contributed by atoms with Crippen LogP contribution in [0.2, 0.25) is 0 Å². The van der Waals surface area contributed by atoms with Gasteiger partial charge in [-0.15, -0.1) is 0 Å². The van der Waals surface area contributed by atoms with Crippen molar-refractivity contribution in [2.75, 3.05) is 13.2 Å². The highest BCUT2D eigenvalue weighted by atomic mass is 16.7. The van der Waals surface area contributed by atoms with Gasteiger partial charge in [0.15, 0.2) is 17.3 Å². The zero-order chi connectivity index (χ0) is 14.6. The van der Waals surface area contributed by atoms with Crippen LogP contribution in [0.25, 0.3) is 0 Å². The van der Waals surface area contributed by atoms with E-state index in [0.717, 1.165) is 0 Å². The molecule has 7 nitrogen and oxygen atoms in total. The molecule has 1 aliphatic rings. The van der Waals surface area contributed by atoms with Gasteiger partial charge in [-0.05, 0) is 30.7 Å². The van der Waals surface area contributed by atoms with E-state index in [1.165, 1.54) is 18.3 Å². The first-order chi connectivity index (χ1) is 9.48. The second-order valence-electron chi connectivity index (χ2n) is 4.55. The van der Waals surface area contributed by atoms with Gasteiger partial charge >= 0.3 is 0 Å². The van der Waals surface area contributed by atoms with Crippen LogP contribution in [0.15, 0.2) is 23.3 Å². The van der Waals surface area contributed by atoms with Crippen molar-refractivity contribution in [2.24, 2.45) is 5.10 Å². The number of hydrazone groups is 1. The molecule has 0 spiro atoms. The van der Waals surface area contributed by atoms with Crippen LogP contribution in [0.1, 0.15) is 18.9 Å². The van der Waals surface area contributed by atoms with Gasteiger partial charge in [0.2, 0.25) is 5.91 Å². The van der Waals surface area contributed by atoms with E-state index in [1.54, 1.807) is 13.0 Å². The van der Waals surface area contributed by atoms with E-state index in [0.29, 0.717) is 18.8 Å². The molecule has 7 heteroatoms. The first kappa shape index (κ1) is 14.3. The number of amides is 1. The molecular weight excluding hydrogens is 264 g/mol. The Balaban J connectivity index is 1.86. The minimum absolute atomic E-state index is 0.0468. The summed E-state index contributed by atoms with van der Waals surface area (Å²) in [6.07, 6.45) is 1.40. The molecular formula is C13H16N2O5. The summed E-state index contributed by atoms with van der Waals surface area (Å²) >= 11 is 0. The molecule has 0 aromatic heterocycles. The second kappa shape index (κ2) is 5.89. The van der Waals surface area contributed by atoms with Crippen LogP contribution < -0.4 is 5.43 Å². The first-order valence-corrected chi connectivity index (χ1v) is 6.10. The van der Waals surface area contributed by atoms with Crippen LogP contribution in [0.4, 0.5) is 0 Å². The number of nitrogens with one attached hydrogen (secondary N) is 1. The van der Waals surface area contributed by atoms with Crippen molar-refractivity contribution in [3.63, 3.8) is 0 Å². The molecule has 0 aliphatic carbocycles. The van der Waals surface area contributed by atoms with Gasteiger partial charge in [0.25, 0.3) is 0 Å². The van der Waals surface area contributed by atoms with E-state index in [4.69, 9.17) is 14.6 Å². The van der Waals surface area contributed by atoms with E-state index in [9.17, 15) is 9.90 Å². The van der Waals surface area contributed by atoms with Crippen LogP contribution in [-0.4, -0.2) is 41.3 Å². The minimum atomic E-state index is -0.892. The molecule has 0 saturated carbocycles. The highest BCUT2D eigenvalue weighted by Gasteiger charge is 2.33. The number of aromatic hydroxyl groups is 2. The number of hydrogen-bond donors (Lipinski definition) is 3. The van der Waals surface area contributed by atoms with Gasteiger partial charge < -0.3 is 19.7 Å². The number of ether oxygens (including phenoxy) is 2. The van der Waals surface area contributed by atoms with E-state index in [2.05, 4.69) is 10.5 Å². The lowest BCUT2D eigenvalue weighted by molar-refractivity contribution is -0.159. The molecule has 3 N–H and O–H groups in total. The van der Waals surface area contributed by atoms with Crippen molar-refractivity contribution in [1.29, 1.82) is 0 Å². The van der Waals surface area contributed by atoms with Crippen LogP contribution in [0.5, 0.6) is 11.5 Å². The van der Waals surface area contributed by atoms with Gasteiger partial charge in [0.1, 0.15) is 0 Å². The van der Waals surface area contributed by atoms with Gasteiger partial charge in [0.05, 0.1) is 25.8 Å². The second-order valence-corrected chi connectivity index (χ2v) is 4.55. The summed E-state index contributed by atoms with van der Waals surface area (Å²) in [5, 5.41) is 22.2. The lowest BCUT2D eigenvalue weighted by Gasteiger charge is -2.20. The fourth-order valence-electron chi connectivity index (χ4n) is 1.79. The maximum atomic E-state index is 11.6. The summed E-state index contributed by atoms with van der Waals surface area (Å²) < 4.78 is 10.6. The van der Waals surface area contributed by atoms with E-state index < -0.39 is 5.79 Å². The molecule has 1 aliphatic heterocycles. The van der Waals surface area contributed by atoms with Crippen LogP contribution >= 0.6 is 0 Å². The normalized spacial score (nSPS) is 17.4. The van der Waals surface area contributed by atoms with Crippen molar-refractivity contribution in [2.45, 2.75) is 19.1 Å². The highest BCUT2D eigenvalue weighted by Crippen LogP contribution is 2.24. The largest absolute Gasteiger partial charge is 0.504 e. The summed E-state index contributed by atoms with van der Waals surface area (Å²) in [5.41, 5.74) is 2.89. The van der Waals surface area contributed by atoms with E-state index >= 15 is 0 Å².